The van der Waals surface area contributed by atoms with Gasteiger partial charge in [0.2, 0.25) is 0 Å². The number of hydrogen-bond donors (Lipinski definition) is 1. The molecule has 1 heterocycles. The first-order valence-corrected chi connectivity index (χ1v) is 10.3. The Morgan fingerprint density at radius 1 is 1.04 bits per heavy atom. The molecule has 0 amide bonds. The van der Waals surface area contributed by atoms with Crippen LogP contribution >= 0.6 is 0 Å². The van der Waals surface area contributed by atoms with Gasteiger partial charge in [-0.2, -0.15) is 0 Å². The van der Waals surface area contributed by atoms with Crippen LogP contribution in [-0.4, -0.2) is 36.8 Å². The van der Waals surface area contributed by atoms with Gasteiger partial charge in [0, 0.05) is 6.54 Å². The second-order valence-electron chi connectivity index (χ2n) is 8.21. The van der Waals surface area contributed by atoms with Crippen molar-refractivity contribution in [2.75, 3.05) is 26.7 Å². The van der Waals surface area contributed by atoms with E-state index in [4.69, 9.17) is 4.74 Å². The van der Waals surface area contributed by atoms with Crippen LogP contribution in [0.15, 0.2) is 48.5 Å². The molecule has 0 aromatic heterocycles. The van der Waals surface area contributed by atoms with Crippen molar-refractivity contribution >= 4 is 0 Å². The number of ether oxygens (including phenoxy) is 1. The van der Waals surface area contributed by atoms with Crippen molar-refractivity contribution in [3.63, 3.8) is 0 Å². The Morgan fingerprint density at radius 3 is 2.56 bits per heavy atom. The zero-order valence-corrected chi connectivity index (χ0v) is 16.3. The number of aryl methyl sites for hydroxylation is 1. The molecule has 1 aliphatic heterocycles. The Labute approximate surface area is 163 Å². The minimum absolute atomic E-state index is 0.371. The number of aliphatic hydroxyl groups is 1. The van der Waals surface area contributed by atoms with Crippen molar-refractivity contribution in [2.45, 2.75) is 44.1 Å². The maximum atomic E-state index is 10.8. The highest BCUT2D eigenvalue weighted by molar-refractivity contribution is 5.38. The Balaban J connectivity index is 1.33. The topological polar surface area (TPSA) is 32.7 Å². The predicted octanol–water partition coefficient (Wildman–Crippen LogP) is 4.56. The Morgan fingerprint density at radius 2 is 1.81 bits per heavy atom. The molecule has 1 aliphatic carbocycles. The Bertz CT molecular complexity index is 737. The minimum Gasteiger partial charge on any atom is -0.497 e. The van der Waals surface area contributed by atoms with E-state index in [0.29, 0.717) is 11.8 Å². The second kappa shape index (κ2) is 8.45. The van der Waals surface area contributed by atoms with Crippen molar-refractivity contribution in [1.29, 1.82) is 0 Å². The Hall–Kier alpha value is -1.84. The van der Waals surface area contributed by atoms with E-state index in [1.807, 2.05) is 12.1 Å². The summed E-state index contributed by atoms with van der Waals surface area (Å²) in [6, 6.07) is 17.1. The molecule has 1 N–H and O–H groups in total. The highest BCUT2D eigenvalue weighted by atomic mass is 16.5. The molecular formula is C24H31NO2. The summed E-state index contributed by atoms with van der Waals surface area (Å²) in [5, 5.41) is 10.8. The van der Waals surface area contributed by atoms with E-state index in [9.17, 15) is 5.11 Å². The Kier molecular flexibility index (Phi) is 5.80. The van der Waals surface area contributed by atoms with E-state index in [1.165, 1.54) is 37.1 Å². The van der Waals surface area contributed by atoms with Crippen LogP contribution in [0, 0.1) is 5.92 Å². The number of aliphatic hydroxyl groups excluding tert-OH is 1. The van der Waals surface area contributed by atoms with Gasteiger partial charge in [-0.3, -0.25) is 0 Å². The third-order valence-electron chi connectivity index (χ3n) is 6.47. The molecule has 0 bridgehead atoms. The van der Waals surface area contributed by atoms with Crippen molar-refractivity contribution in [3.8, 4) is 5.75 Å². The molecule has 2 aromatic carbocycles. The lowest BCUT2D eigenvalue weighted by Gasteiger charge is -2.34. The van der Waals surface area contributed by atoms with Gasteiger partial charge in [-0.25, -0.2) is 0 Å². The number of likely N-dealkylation sites (tertiary alicyclic amines) is 1. The van der Waals surface area contributed by atoms with E-state index in [-0.39, 0.29) is 6.10 Å². The monoisotopic (exact) mass is 365 g/mol. The normalized spacial score (nSPS) is 24.2. The third kappa shape index (κ3) is 4.36. The lowest BCUT2D eigenvalue weighted by molar-refractivity contribution is 0.117. The summed E-state index contributed by atoms with van der Waals surface area (Å²) >= 11 is 0. The van der Waals surface area contributed by atoms with Gasteiger partial charge >= 0.3 is 0 Å². The van der Waals surface area contributed by atoms with Gasteiger partial charge in [0.25, 0.3) is 0 Å². The average molecular weight is 366 g/mol. The standard InChI is InChI=1S/C24H31NO2/c1-27-22-10-9-21-8-7-18(15-24(26)23(21)16-22)17-25-13-11-20(12-14-25)19-5-3-2-4-6-19/h2-6,9-10,16,18,20,24,26H,7-8,11-15,17H2,1H3. The number of piperidine rings is 1. The molecule has 2 aromatic rings. The largest absolute Gasteiger partial charge is 0.497 e. The van der Waals surface area contributed by atoms with Crippen molar-refractivity contribution in [2.24, 2.45) is 5.92 Å². The molecule has 2 aliphatic rings. The summed E-state index contributed by atoms with van der Waals surface area (Å²) in [6.07, 6.45) is 5.20. The molecule has 0 spiro atoms. The zero-order valence-electron chi connectivity index (χ0n) is 16.3. The molecule has 4 rings (SSSR count). The molecular weight excluding hydrogens is 334 g/mol. The molecule has 1 saturated heterocycles. The molecule has 1 fully saturated rings. The van der Waals surface area contributed by atoms with Crippen LogP contribution in [0.5, 0.6) is 5.75 Å². The minimum atomic E-state index is -0.371. The number of rotatable bonds is 4. The molecule has 3 nitrogen and oxygen atoms in total. The molecule has 27 heavy (non-hydrogen) atoms. The van der Waals surface area contributed by atoms with Crippen LogP contribution in [-0.2, 0) is 6.42 Å². The van der Waals surface area contributed by atoms with Gasteiger partial charge in [-0.05, 0) is 85.9 Å². The van der Waals surface area contributed by atoms with E-state index >= 15 is 0 Å². The van der Waals surface area contributed by atoms with Crippen molar-refractivity contribution in [1.82, 2.24) is 4.90 Å². The lowest BCUT2D eigenvalue weighted by atomic mass is 9.88. The molecule has 144 valence electrons. The van der Waals surface area contributed by atoms with Crippen LogP contribution in [0.1, 0.15) is 54.4 Å². The summed E-state index contributed by atoms with van der Waals surface area (Å²) in [4.78, 5) is 2.62. The van der Waals surface area contributed by atoms with Crippen LogP contribution in [0.4, 0.5) is 0 Å². The number of methoxy groups -OCH3 is 1. The SMILES string of the molecule is COc1ccc2c(c1)C(O)CC(CN1CCC(c3ccccc3)CC1)CC2. The maximum Gasteiger partial charge on any atom is 0.119 e. The fourth-order valence-electron chi connectivity index (χ4n) is 4.86. The summed E-state index contributed by atoms with van der Waals surface area (Å²) in [5.74, 6) is 2.11. The number of hydrogen-bond acceptors (Lipinski definition) is 3. The predicted molar refractivity (Wildman–Crippen MR) is 109 cm³/mol. The zero-order chi connectivity index (χ0) is 18.6. The highest BCUT2D eigenvalue weighted by Gasteiger charge is 2.27. The first-order chi connectivity index (χ1) is 13.2. The average Bonchev–Trinajstić information content (AvgIpc) is 2.87. The first-order valence-electron chi connectivity index (χ1n) is 10.3. The fraction of sp³-hybridized carbons (Fsp3) is 0.500. The third-order valence-corrected chi connectivity index (χ3v) is 6.47. The van der Waals surface area contributed by atoms with E-state index in [1.54, 1.807) is 7.11 Å². The van der Waals surface area contributed by atoms with E-state index in [0.717, 1.165) is 37.1 Å². The van der Waals surface area contributed by atoms with Crippen LogP contribution in [0.25, 0.3) is 0 Å². The van der Waals surface area contributed by atoms with Crippen molar-refractivity contribution in [3.05, 3.63) is 65.2 Å². The number of fused-ring (bicyclic) bond motifs is 1. The summed E-state index contributed by atoms with van der Waals surface area (Å²) in [5.41, 5.74) is 3.85. The molecule has 0 radical (unpaired) electrons. The lowest BCUT2D eigenvalue weighted by Crippen LogP contribution is -2.36. The molecule has 0 saturated carbocycles. The van der Waals surface area contributed by atoms with Gasteiger partial charge in [-0.15, -0.1) is 0 Å². The molecule has 2 unspecified atom stereocenters. The van der Waals surface area contributed by atoms with Gasteiger partial charge in [0.15, 0.2) is 0 Å². The molecule has 3 heteroatoms. The molecule has 2 atom stereocenters. The maximum absolute atomic E-state index is 10.8. The quantitative estimate of drug-likeness (QED) is 0.806. The smallest absolute Gasteiger partial charge is 0.119 e. The van der Waals surface area contributed by atoms with Crippen LogP contribution in [0.3, 0.4) is 0 Å². The van der Waals surface area contributed by atoms with Crippen molar-refractivity contribution < 1.29 is 9.84 Å². The van der Waals surface area contributed by atoms with Gasteiger partial charge < -0.3 is 14.7 Å². The summed E-state index contributed by atoms with van der Waals surface area (Å²) in [7, 11) is 1.69. The van der Waals surface area contributed by atoms with Crippen LogP contribution in [0.2, 0.25) is 0 Å². The first kappa shape index (κ1) is 18.5. The van der Waals surface area contributed by atoms with E-state index < -0.39 is 0 Å². The second-order valence-corrected chi connectivity index (χ2v) is 8.21. The van der Waals surface area contributed by atoms with Gasteiger partial charge in [0.1, 0.15) is 5.75 Å². The highest BCUT2D eigenvalue weighted by Crippen LogP contribution is 2.35. The summed E-state index contributed by atoms with van der Waals surface area (Å²) < 4.78 is 5.34. The van der Waals surface area contributed by atoms with E-state index in [2.05, 4.69) is 41.3 Å². The van der Waals surface area contributed by atoms with Crippen LogP contribution < -0.4 is 4.74 Å². The van der Waals surface area contributed by atoms with Gasteiger partial charge in [-0.1, -0.05) is 36.4 Å². The number of benzene rings is 2. The fourth-order valence-corrected chi connectivity index (χ4v) is 4.86. The summed E-state index contributed by atoms with van der Waals surface area (Å²) in [6.45, 7) is 3.46. The van der Waals surface area contributed by atoms with Gasteiger partial charge in [0.05, 0.1) is 13.2 Å². The number of nitrogens with zero attached hydrogens (tertiary/aromatic N) is 1.